The molecular weight excluding hydrogens is 736 g/mol. The van der Waals surface area contributed by atoms with E-state index in [9.17, 15) is 45.5 Å². The molecule has 0 saturated carbocycles. The van der Waals surface area contributed by atoms with E-state index in [0.29, 0.717) is 31.0 Å². The van der Waals surface area contributed by atoms with E-state index in [2.05, 4.69) is 15.6 Å². The van der Waals surface area contributed by atoms with Crippen LogP contribution in [0.5, 0.6) is 5.75 Å². The Kier molecular flexibility index (Phi) is 13.0. The van der Waals surface area contributed by atoms with Crippen LogP contribution in [0.4, 0.5) is 31.1 Å². The highest BCUT2D eigenvalue weighted by molar-refractivity contribution is 6.22. The van der Waals surface area contributed by atoms with Crippen molar-refractivity contribution < 1.29 is 70.1 Å². The maximum absolute atomic E-state index is 13.4. The van der Waals surface area contributed by atoms with Crippen LogP contribution in [0.1, 0.15) is 37.6 Å². The number of ether oxygens (including phenoxy) is 1. The highest BCUT2D eigenvalue weighted by Gasteiger charge is 2.56. The number of aromatic nitrogens is 1. The molecule has 2 aliphatic rings. The number of alkyl halides is 6. The van der Waals surface area contributed by atoms with Gasteiger partial charge in [0.25, 0.3) is 11.8 Å². The van der Waals surface area contributed by atoms with Gasteiger partial charge in [0, 0.05) is 48.2 Å². The first-order valence-electron chi connectivity index (χ1n) is 15.8. The number of carboxylic acids is 2. The highest BCUT2D eigenvalue weighted by Crippen LogP contribution is 2.34. The van der Waals surface area contributed by atoms with E-state index in [4.69, 9.17) is 24.5 Å². The summed E-state index contributed by atoms with van der Waals surface area (Å²) in [6.45, 7) is 9.10. The van der Waals surface area contributed by atoms with Crippen LogP contribution < -0.4 is 15.4 Å². The molecule has 14 nitrogen and oxygen atoms in total. The van der Waals surface area contributed by atoms with E-state index < -0.39 is 53.1 Å². The van der Waals surface area contributed by atoms with Crippen molar-refractivity contribution in [3.63, 3.8) is 0 Å². The fourth-order valence-corrected chi connectivity index (χ4v) is 5.44. The van der Waals surface area contributed by atoms with Crippen LogP contribution in [-0.4, -0.2) is 99.2 Å². The van der Waals surface area contributed by atoms with Gasteiger partial charge in [0.15, 0.2) is 0 Å². The first-order chi connectivity index (χ1) is 24.9. The number of carbonyl (C=O) groups is 6. The Morgan fingerprint density at radius 2 is 1.30 bits per heavy atom. The average molecular weight is 772 g/mol. The van der Waals surface area contributed by atoms with Gasteiger partial charge in [-0.25, -0.2) is 14.4 Å². The van der Waals surface area contributed by atoms with Gasteiger partial charge >= 0.3 is 30.3 Å². The Labute approximate surface area is 303 Å². The van der Waals surface area contributed by atoms with Gasteiger partial charge < -0.3 is 19.8 Å². The molecule has 4 N–H and O–H groups in total. The number of carboxylic acid groups (broad SMARTS) is 2. The molecule has 20 heteroatoms. The summed E-state index contributed by atoms with van der Waals surface area (Å²) in [5.41, 5.74) is 0.887. The second-order valence-electron chi connectivity index (χ2n) is 12.8. The molecule has 0 bridgehead atoms. The number of barbiturate groups is 1. The van der Waals surface area contributed by atoms with Gasteiger partial charge in [-0.15, -0.1) is 0 Å². The summed E-state index contributed by atoms with van der Waals surface area (Å²) in [6, 6.07) is 15.8. The van der Waals surface area contributed by atoms with Crippen molar-refractivity contribution in [1.29, 1.82) is 0 Å². The van der Waals surface area contributed by atoms with Crippen molar-refractivity contribution >= 4 is 46.6 Å². The number of hydrogen-bond acceptors (Lipinski definition) is 9. The van der Waals surface area contributed by atoms with Crippen LogP contribution in [0.3, 0.4) is 0 Å². The van der Waals surface area contributed by atoms with E-state index in [1.54, 1.807) is 34.1 Å². The van der Waals surface area contributed by atoms with Crippen LogP contribution >= 0.6 is 0 Å². The highest BCUT2D eigenvalue weighted by atomic mass is 19.4. The lowest BCUT2D eigenvalue weighted by atomic mass is 9.83. The second kappa shape index (κ2) is 16.5. The molecule has 1 aromatic heterocycles. The summed E-state index contributed by atoms with van der Waals surface area (Å²) in [4.78, 5) is 77.4. The number of carbonyl (C=O) groups excluding carboxylic acids is 4. The van der Waals surface area contributed by atoms with Crippen LogP contribution in [0.15, 0.2) is 54.6 Å². The minimum Gasteiger partial charge on any atom is -0.489 e. The van der Waals surface area contributed by atoms with E-state index in [1.807, 2.05) is 58.0 Å². The Morgan fingerprint density at radius 1 is 0.815 bits per heavy atom. The third kappa shape index (κ3) is 10.2. The molecule has 5 rings (SSSR count). The first-order valence-corrected chi connectivity index (χ1v) is 15.8. The molecule has 2 aromatic carbocycles. The maximum Gasteiger partial charge on any atom is 0.490 e. The Bertz CT molecular complexity index is 1860. The number of aliphatic carboxylic acids is 2. The van der Waals surface area contributed by atoms with Crippen LogP contribution in [0.2, 0.25) is 0 Å². The molecule has 2 aliphatic heterocycles. The fraction of sp³-hybridized carbons (Fsp3) is 0.382. The van der Waals surface area contributed by atoms with E-state index >= 15 is 0 Å². The summed E-state index contributed by atoms with van der Waals surface area (Å²) in [7, 11) is 0. The number of piperazine rings is 1. The van der Waals surface area contributed by atoms with Crippen molar-refractivity contribution in [3.05, 3.63) is 71.4 Å². The largest absolute Gasteiger partial charge is 0.490 e. The molecule has 0 aliphatic carbocycles. The molecule has 5 amide bonds. The number of amides is 5. The number of nitrogens with zero attached hydrogens (tertiary/aromatic N) is 3. The number of benzene rings is 2. The molecule has 2 fully saturated rings. The molecule has 0 unspecified atom stereocenters. The lowest BCUT2D eigenvalue weighted by Gasteiger charge is -2.47. The second-order valence-corrected chi connectivity index (χ2v) is 12.8. The molecule has 0 atom stereocenters. The molecule has 3 aromatic rings. The lowest BCUT2D eigenvalue weighted by Crippen LogP contribution is -2.73. The van der Waals surface area contributed by atoms with E-state index in [1.165, 1.54) is 0 Å². The summed E-state index contributed by atoms with van der Waals surface area (Å²) >= 11 is 0. The summed E-state index contributed by atoms with van der Waals surface area (Å²) in [5, 5.41) is 19.8. The Morgan fingerprint density at radius 3 is 1.76 bits per heavy atom. The van der Waals surface area contributed by atoms with Gasteiger partial charge in [0.2, 0.25) is 11.4 Å². The van der Waals surface area contributed by atoms with Gasteiger partial charge in [0.1, 0.15) is 12.4 Å². The van der Waals surface area contributed by atoms with Gasteiger partial charge in [-0.1, -0.05) is 51.1 Å². The van der Waals surface area contributed by atoms with Gasteiger partial charge in [0.05, 0.1) is 5.52 Å². The van der Waals surface area contributed by atoms with Gasteiger partial charge in [-0.05, 0) is 36.8 Å². The van der Waals surface area contributed by atoms with Crippen LogP contribution in [0, 0.1) is 12.3 Å². The molecule has 0 spiro atoms. The normalized spacial score (nSPS) is 16.2. The van der Waals surface area contributed by atoms with Crippen molar-refractivity contribution in [2.24, 2.45) is 5.41 Å². The number of nitrogens with one attached hydrogen (secondary N) is 2. The van der Waals surface area contributed by atoms with E-state index in [-0.39, 0.29) is 19.0 Å². The predicted octanol–water partition coefficient (Wildman–Crippen LogP) is 4.14. The summed E-state index contributed by atoms with van der Waals surface area (Å²) in [5.74, 6) is -6.38. The SMILES string of the molecule is Cc1cc(COc2ccc(C3(N4CCN(C(=O)C(C)(C)C)CC4)C(=O)NC(=O)NC3=O)cc2)c2ccccc2n1.O=C(O)C(F)(F)F.O=C(O)C(F)(F)F. The van der Waals surface area contributed by atoms with Gasteiger partial charge in [-0.2, -0.15) is 26.3 Å². The monoisotopic (exact) mass is 771 g/mol. The Balaban J connectivity index is 0.000000476. The summed E-state index contributed by atoms with van der Waals surface area (Å²) < 4.78 is 69.6. The number of imide groups is 2. The maximum atomic E-state index is 13.4. The lowest BCUT2D eigenvalue weighted by molar-refractivity contribution is -0.193. The van der Waals surface area contributed by atoms with Crippen molar-refractivity contribution in [2.75, 3.05) is 26.2 Å². The number of pyridine rings is 1. The zero-order valence-electron chi connectivity index (χ0n) is 29.1. The third-order valence-electron chi connectivity index (χ3n) is 7.88. The predicted molar refractivity (Wildman–Crippen MR) is 176 cm³/mol. The van der Waals surface area contributed by atoms with Crippen molar-refractivity contribution in [2.45, 2.75) is 52.2 Å². The topological polar surface area (TPSA) is 196 Å². The van der Waals surface area contributed by atoms with Crippen LogP contribution in [-0.2, 0) is 36.1 Å². The van der Waals surface area contributed by atoms with Crippen LogP contribution in [0.25, 0.3) is 10.9 Å². The van der Waals surface area contributed by atoms with E-state index in [0.717, 1.165) is 22.2 Å². The first kappa shape index (κ1) is 42.6. The number of rotatable bonds is 5. The number of urea groups is 1. The van der Waals surface area contributed by atoms with Crippen molar-refractivity contribution in [1.82, 2.24) is 25.4 Å². The number of halogens is 6. The Hall–Kier alpha value is -5.79. The summed E-state index contributed by atoms with van der Waals surface area (Å²) in [6.07, 6.45) is -10.2. The molecule has 2 saturated heterocycles. The fourth-order valence-electron chi connectivity index (χ4n) is 5.44. The molecule has 292 valence electrons. The minimum atomic E-state index is -5.08. The zero-order valence-corrected chi connectivity index (χ0v) is 29.1. The molecule has 3 heterocycles. The standard InChI is InChI=1S/C30H33N5O5.2C2HF3O2/c1-19-17-20(23-7-5-6-8-24(23)31-19)18-40-22-11-9-21(10-12-22)30(25(36)32-28(39)33-26(30)37)35-15-13-34(14-16-35)27(38)29(2,3)4;2*3-2(4,5)1(6)7/h5-12,17H,13-16,18H2,1-4H3,(H2,32,33,36,37,39);2*(H,6,7). The quantitative estimate of drug-likeness (QED) is 0.215. The third-order valence-corrected chi connectivity index (χ3v) is 7.88. The molecule has 0 radical (unpaired) electrons. The number of hydrogen-bond donors (Lipinski definition) is 4. The molecular formula is C34H35F6N5O9. The van der Waals surface area contributed by atoms with Crippen molar-refractivity contribution in [3.8, 4) is 5.75 Å². The smallest absolute Gasteiger partial charge is 0.489 e. The molecule has 54 heavy (non-hydrogen) atoms. The number of aryl methyl sites for hydroxylation is 1. The van der Waals surface area contributed by atoms with Gasteiger partial charge in [-0.3, -0.25) is 34.9 Å². The average Bonchev–Trinajstić information content (AvgIpc) is 3.06. The number of para-hydroxylation sites is 1. The zero-order chi connectivity index (χ0) is 40.8. The minimum absolute atomic E-state index is 0.00703. The number of fused-ring (bicyclic) bond motifs is 1.